The van der Waals surface area contributed by atoms with Gasteiger partial charge in [0.15, 0.2) is 0 Å². The number of morpholine rings is 1. The Morgan fingerprint density at radius 1 is 1.13 bits per heavy atom. The zero-order valence-electron chi connectivity index (χ0n) is 22.5. The van der Waals surface area contributed by atoms with E-state index in [9.17, 15) is 19.4 Å². The van der Waals surface area contributed by atoms with Crippen molar-refractivity contribution in [1.29, 1.82) is 0 Å². The fraction of sp³-hybridized carbons (Fsp3) is 0.483. The predicted molar refractivity (Wildman–Crippen MR) is 140 cm³/mol. The summed E-state index contributed by atoms with van der Waals surface area (Å²) in [7, 11) is 1.48. The number of ether oxygens (including phenoxy) is 4. The van der Waals surface area contributed by atoms with Crippen LogP contribution in [0.3, 0.4) is 0 Å². The molecule has 2 aromatic rings. The number of rotatable bonds is 6. The molecule has 1 amide bonds. The number of aliphatic hydroxyl groups excluding tert-OH is 1. The lowest BCUT2D eigenvalue weighted by molar-refractivity contribution is -0.0159. The number of benzene rings is 2. The van der Waals surface area contributed by atoms with Crippen molar-refractivity contribution in [2.45, 2.75) is 45.8 Å². The van der Waals surface area contributed by atoms with E-state index in [4.69, 9.17) is 18.9 Å². The summed E-state index contributed by atoms with van der Waals surface area (Å²) in [6.07, 6.45) is -1.17. The van der Waals surface area contributed by atoms with E-state index in [1.54, 1.807) is 43.0 Å². The number of carbonyl (C=O) groups excluding carboxylic acids is 1. The van der Waals surface area contributed by atoms with E-state index in [0.717, 1.165) is 5.56 Å². The largest absolute Gasteiger partial charge is 0.496 e. The Hall–Kier alpha value is -3.14. The molecule has 2 atom stereocenters. The summed E-state index contributed by atoms with van der Waals surface area (Å²) in [5, 5.41) is 23.1. The fourth-order valence-electron chi connectivity index (χ4n) is 5.23. The Morgan fingerprint density at radius 3 is 2.53 bits per heavy atom. The first kappa shape index (κ1) is 27.9. The molecule has 0 bridgehead atoms. The number of carbonyl (C=O) groups is 1. The molecule has 4 rings (SSSR count). The number of hydrogen-bond acceptors (Lipinski definition) is 7. The molecular formula is C29H36FNO7. The van der Waals surface area contributed by atoms with Crippen LogP contribution in [0, 0.1) is 18.2 Å². The molecule has 2 aromatic carbocycles. The molecule has 206 valence electrons. The van der Waals surface area contributed by atoms with E-state index in [-0.39, 0.29) is 18.8 Å². The second kappa shape index (κ2) is 10.9. The lowest BCUT2D eigenvalue weighted by atomic mass is 9.64. The van der Waals surface area contributed by atoms with Gasteiger partial charge in [-0.15, -0.1) is 0 Å². The highest BCUT2D eigenvalue weighted by molar-refractivity contribution is 5.80. The summed E-state index contributed by atoms with van der Waals surface area (Å²) >= 11 is 0. The van der Waals surface area contributed by atoms with E-state index in [1.165, 1.54) is 19.2 Å². The van der Waals surface area contributed by atoms with Crippen LogP contribution in [-0.2, 0) is 4.74 Å². The van der Waals surface area contributed by atoms with Gasteiger partial charge in [0.2, 0.25) is 0 Å². The van der Waals surface area contributed by atoms with Crippen molar-refractivity contribution >= 4 is 11.7 Å². The van der Waals surface area contributed by atoms with Gasteiger partial charge in [-0.2, -0.15) is 0 Å². The molecule has 2 N–H and O–H groups in total. The minimum atomic E-state index is -1.33. The first-order chi connectivity index (χ1) is 17.9. The maximum Gasteiger partial charge on any atom is 0.415 e. The van der Waals surface area contributed by atoms with E-state index < -0.39 is 29.0 Å². The second-order valence-corrected chi connectivity index (χ2v) is 10.8. The number of methoxy groups -OCH3 is 1. The van der Waals surface area contributed by atoms with E-state index in [1.807, 2.05) is 13.8 Å². The molecule has 38 heavy (non-hydrogen) atoms. The quantitative estimate of drug-likeness (QED) is 0.574. The van der Waals surface area contributed by atoms with Gasteiger partial charge in [-0.25, -0.2) is 9.18 Å². The lowest BCUT2D eigenvalue weighted by Gasteiger charge is -2.46. The Labute approximate surface area is 222 Å². The first-order valence-corrected chi connectivity index (χ1v) is 12.7. The van der Waals surface area contributed by atoms with Crippen LogP contribution in [0.2, 0.25) is 0 Å². The zero-order chi connectivity index (χ0) is 27.7. The number of nitrogens with zero attached hydrogens (tertiary/aromatic N) is 1. The second-order valence-electron chi connectivity index (χ2n) is 10.8. The summed E-state index contributed by atoms with van der Waals surface area (Å²) in [5.74, 6) is 0.566. The van der Waals surface area contributed by atoms with Gasteiger partial charge >= 0.3 is 6.09 Å². The molecule has 2 unspecified atom stereocenters. The van der Waals surface area contributed by atoms with Crippen molar-refractivity contribution in [1.82, 2.24) is 4.90 Å². The molecule has 8 nitrogen and oxygen atoms in total. The van der Waals surface area contributed by atoms with Crippen LogP contribution in [0.25, 0.3) is 5.57 Å². The molecule has 2 aliphatic rings. The van der Waals surface area contributed by atoms with E-state index in [0.29, 0.717) is 54.5 Å². The Kier molecular flexibility index (Phi) is 8.01. The van der Waals surface area contributed by atoms with Gasteiger partial charge in [-0.05, 0) is 55.0 Å². The van der Waals surface area contributed by atoms with Crippen LogP contribution in [0.4, 0.5) is 9.18 Å². The van der Waals surface area contributed by atoms with Crippen molar-refractivity contribution in [3.8, 4) is 17.2 Å². The van der Waals surface area contributed by atoms with Crippen molar-refractivity contribution < 1.29 is 38.3 Å². The molecule has 0 saturated carbocycles. The zero-order valence-corrected chi connectivity index (χ0v) is 22.5. The summed E-state index contributed by atoms with van der Waals surface area (Å²) in [6.45, 7) is 8.99. The van der Waals surface area contributed by atoms with Gasteiger partial charge in [-0.3, -0.25) is 0 Å². The summed E-state index contributed by atoms with van der Waals surface area (Å²) < 4.78 is 36.4. The van der Waals surface area contributed by atoms with Gasteiger partial charge in [0, 0.05) is 36.4 Å². The van der Waals surface area contributed by atoms with Gasteiger partial charge in [0.1, 0.15) is 29.7 Å². The summed E-state index contributed by atoms with van der Waals surface area (Å²) in [4.78, 5) is 14.2. The Balaban J connectivity index is 1.72. The molecule has 0 aromatic heterocycles. The Morgan fingerprint density at radius 2 is 1.84 bits per heavy atom. The summed E-state index contributed by atoms with van der Waals surface area (Å²) in [6, 6.07) is 9.18. The highest BCUT2D eigenvalue weighted by Gasteiger charge is 2.47. The van der Waals surface area contributed by atoms with Crippen molar-refractivity contribution in [3.05, 3.63) is 58.9 Å². The molecule has 1 saturated heterocycles. The molecule has 1 fully saturated rings. The third kappa shape index (κ3) is 5.80. The number of hydrogen-bond donors (Lipinski definition) is 2. The number of aryl methyl sites for hydroxylation is 1. The molecule has 0 radical (unpaired) electrons. The van der Waals surface area contributed by atoms with Crippen molar-refractivity contribution in [2.75, 3.05) is 40.0 Å². The Bertz CT molecular complexity index is 1220. The smallest absolute Gasteiger partial charge is 0.415 e. The number of aliphatic hydroxyl groups is 2. The summed E-state index contributed by atoms with van der Waals surface area (Å²) in [5.41, 5.74) is 0.199. The monoisotopic (exact) mass is 529 g/mol. The normalized spacial score (nSPS) is 23.3. The van der Waals surface area contributed by atoms with Crippen LogP contribution in [0.1, 0.15) is 38.3 Å². The first-order valence-electron chi connectivity index (χ1n) is 12.7. The molecule has 9 heteroatoms. The van der Waals surface area contributed by atoms with Crippen LogP contribution in [0.5, 0.6) is 17.2 Å². The van der Waals surface area contributed by atoms with Gasteiger partial charge in [-0.1, -0.05) is 19.9 Å². The maximum absolute atomic E-state index is 13.9. The molecule has 0 spiro atoms. The minimum Gasteiger partial charge on any atom is -0.496 e. The topological polar surface area (TPSA) is 97.7 Å². The van der Waals surface area contributed by atoms with Gasteiger partial charge in [0.25, 0.3) is 0 Å². The fourth-order valence-corrected chi connectivity index (χ4v) is 5.23. The highest BCUT2D eigenvalue weighted by Crippen LogP contribution is 2.50. The third-order valence-electron chi connectivity index (χ3n) is 7.25. The highest BCUT2D eigenvalue weighted by atomic mass is 19.1. The predicted octanol–water partition coefficient (Wildman–Crippen LogP) is 4.35. The minimum absolute atomic E-state index is 0.0727. The standard InChI is InChI=1S/C29H36FNO7/c1-18-6-7-19(30)14-23(18)37-16-22-25(26(32)28(2,3)17-29(22,4)34)21-9-8-20(15-24(21)35-5)38-27(33)31-10-12-36-13-11-31/h6-9,14-15,26,32,34H,10-13,16-17H2,1-5H3. The average molecular weight is 530 g/mol. The van der Waals surface area contributed by atoms with Crippen molar-refractivity contribution in [3.63, 3.8) is 0 Å². The molecule has 1 aliphatic carbocycles. The number of amides is 1. The molecular weight excluding hydrogens is 493 g/mol. The van der Waals surface area contributed by atoms with Gasteiger partial charge in [0.05, 0.1) is 32.0 Å². The molecule has 1 heterocycles. The molecule has 1 aliphatic heterocycles. The van der Waals surface area contributed by atoms with Crippen LogP contribution in [0.15, 0.2) is 42.0 Å². The van der Waals surface area contributed by atoms with Crippen LogP contribution in [-0.4, -0.2) is 72.9 Å². The third-order valence-corrected chi connectivity index (χ3v) is 7.25. The van der Waals surface area contributed by atoms with Crippen LogP contribution >= 0.6 is 0 Å². The SMILES string of the molecule is COc1cc(OC(=O)N2CCOCC2)ccc1C1=C(COc2cc(F)ccc2C)C(C)(O)CC(C)(C)C1O. The lowest BCUT2D eigenvalue weighted by Crippen LogP contribution is -2.47. The van der Waals surface area contributed by atoms with E-state index >= 15 is 0 Å². The number of halogens is 1. The van der Waals surface area contributed by atoms with Crippen LogP contribution < -0.4 is 14.2 Å². The average Bonchev–Trinajstić information content (AvgIpc) is 2.87. The van der Waals surface area contributed by atoms with E-state index in [2.05, 4.69) is 0 Å². The maximum atomic E-state index is 13.9. The van der Waals surface area contributed by atoms with Crippen molar-refractivity contribution in [2.24, 2.45) is 5.41 Å². The van der Waals surface area contributed by atoms with Gasteiger partial charge < -0.3 is 34.1 Å².